The van der Waals surface area contributed by atoms with Gasteiger partial charge in [-0.15, -0.1) is 0 Å². The first-order valence-corrected chi connectivity index (χ1v) is 18.1. The first kappa shape index (κ1) is 30.3. The Hall–Kier alpha value is -6.57. The SMILES string of the molecule is Cc1ccc2ccccc2c1-c1nc(-c2c3ccccc3c(-c3ccc(-c4ccccc4)c4ccccc34)c3ccccc23)c2ccccc2c1C. The number of fused-ring (bicyclic) bond motifs is 5. The average molecular weight is 662 g/mol. The highest BCUT2D eigenvalue weighted by Crippen LogP contribution is 2.48. The van der Waals surface area contributed by atoms with E-state index in [1.807, 2.05) is 0 Å². The summed E-state index contributed by atoms with van der Waals surface area (Å²) in [6, 6.07) is 64.1. The van der Waals surface area contributed by atoms with Gasteiger partial charge in [-0.3, -0.25) is 0 Å². The van der Waals surface area contributed by atoms with Gasteiger partial charge in [-0.2, -0.15) is 0 Å². The molecule has 0 fully saturated rings. The lowest BCUT2D eigenvalue weighted by Gasteiger charge is -2.21. The van der Waals surface area contributed by atoms with Crippen molar-refractivity contribution in [3.8, 4) is 44.8 Å². The molecule has 1 heterocycles. The van der Waals surface area contributed by atoms with E-state index in [0.29, 0.717) is 0 Å². The Kier molecular flexibility index (Phi) is 7.01. The minimum absolute atomic E-state index is 1.02. The molecule has 0 spiro atoms. The number of benzene rings is 9. The zero-order valence-corrected chi connectivity index (χ0v) is 29.2. The van der Waals surface area contributed by atoms with E-state index in [0.717, 1.165) is 11.4 Å². The molecule has 0 saturated heterocycles. The van der Waals surface area contributed by atoms with Gasteiger partial charge in [0.2, 0.25) is 0 Å². The van der Waals surface area contributed by atoms with Gasteiger partial charge in [0, 0.05) is 16.5 Å². The summed E-state index contributed by atoms with van der Waals surface area (Å²) >= 11 is 0. The molecule has 0 saturated carbocycles. The molecular weight excluding hydrogens is 627 g/mol. The third-order valence-corrected chi connectivity index (χ3v) is 11.0. The molecule has 0 bridgehead atoms. The smallest absolute Gasteiger partial charge is 0.0800 e. The van der Waals surface area contributed by atoms with Crippen LogP contribution in [0.25, 0.3) is 98.6 Å². The van der Waals surface area contributed by atoms with Crippen molar-refractivity contribution in [2.24, 2.45) is 0 Å². The van der Waals surface area contributed by atoms with Crippen molar-refractivity contribution in [2.75, 3.05) is 0 Å². The molecule has 0 aliphatic rings. The van der Waals surface area contributed by atoms with Crippen LogP contribution in [0.1, 0.15) is 11.1 Å². The van der Waals surface area contributed by atoms with E-state index in [1.54, 1.807) is 0 Å². The molecule has 52 heavy (non-hydrogen) atoms. The summed E-state index contributed by atoms with van der Waals surface area (Å²) in [5.74, 6) is 0. The van der Waals surface area contributed by atoms with E-state index < -0.39 is 0 Å². The van der Waals surface area contributed by atoms with E-state index in [2.05, 4.69) is 190 Å². The maximum Gasteiger partial charge on any atom is 0.0800 e. The highest BCUT2D eigenvalue weighted by atomic mass is 14.7. The maximum absolute atomic E-state index is 5.75. The number of hydrogen-bond acceptors (Lipinski definition) is 1. The fraction of sp³-hybridized carbons (Fsp3) is 0.0392. The van der Waals surface area contributed by atoms with Gasteiger partial charge in [-0.05, 0) is 95.7 Å². The second-order valence-corrected chi connectivity index (χ2v) is 13.9. The summed E-state index contributed by atoms with van der Waals surface area (Å²) in [5, 5.41) is 12.2. The molecule has 244 valence electrons. The molecule has 1 nitrogen and oxygen atoms in total. The van der Waals surface area contributed by atoms with Gasteiger partial charge >= 0.3 is 0 Å². The van der Waals surface area contributed by atoms with E-state index in [9.17, 15) is 0 Å². The third-order valence-electron chi connectivity index (χ3n) is 11.0. The minimum Gasteiger partial charge on any atom is -0.247 e. The Morgan fingerprint density at radius 3 is 1.44 bits per heavy atom. The van der Waals surface area contributed by atoms with Crippen LogP contribution in [0.3, 0.4) is 0 Å². The molecule has 0 unspecified atom stereocenters. The van der Waals surface area contributed by atoms with Crippen LogP contribution in [-0.4, -0.2) is 4.98 Å². The van der Waals surface area contributed by atoms with Crippen LogP contribution in [0.5, 0.6) is 0 Å². The van der Waals surface area contributed by atoms with Crippen molar-refractivity contribution in [3.05, 3.63) is 187 Å². The lowest BCUT2D eigenvalue weighted by atomic mass is 9.83. The predicted octanol–water partition coefficient (Wildman–Crippen LogP) is 14.1. The number of pyridine rings is 1. The van der Waals surface area contributed by atoms with Crippen molar-refractivity contribution < 1.29 is 0 Å². The minimum atomic E-state index is 1.02. The first-order chi connectivity index (χ1) is 25.7. The monoisotopic (exact) mass is 661 g/mol. The van der Waals surface area contributed by atoms with Crippen LogP contribution in [0.4, 0.5) is 0 Å². The molecule has 0 aliphatic heterocycles. The van der Waals surface area contributed by atoms with E-state index in [1.165, 1.54) is 98.4 Å². The van der Waals surface area contributed by atoms with Crippen molar-refractivity contribution in [1.82, 2.24) is 4.98 Å². The quantitative estimate of drug-likeness (QED) is 0.171. The molecule has 10 aromatic rings. The molecule has 9 aromatic carbocycles. The van der Waals surface area contributed by atoms with Crippen LogP contribution in [0.2, 0.25) is 0 Å². The van der Waals surface area contributed by atoms with Crippen molar-refractivity contribution in [2.45, 2.75) is 13.8 Å². The zero-order chi connectivity index (χ0) is 34.8. The van der Waals surface area contributed by atoms with E-state index in [-0.39, 0.29) is 0 Å². The number of aryl methyl sites for hydroxylation is 2. The standard InChI is InChI=1S/C51H35N/c1-32-28-29-35-18-6-7-20-38(35)47(32)50-33(2)36-19-8-15-27-46(36)51(52-50)49-43-25-13-11-23-41(43)48(42-24-12-14-26-44(42)49)45-31-30-37(34-16-4-3-5-17-34)39-21-9-10-22-40(39)45/h3-31H,1-2H3. The normalized spacial score (nSPS) is 11.7. The Bertz CT molecular complexity index is 2970. The van der Waals surface area contributed by atoms with Crippen LogP contribution in [0.15, 0.2) is 176 Å². The molecule has 1 aromatic heterocycles. The number of rotatable bonds is 4. The average Bonchev–Trinajstić information content (AvgIpc) is 3.21. The largest absolute Gasteiger partial charge is 0.247 e. The van der Waals surface area contributed by atoms with Crippen LogP contribution in [0, 0.1) is 13.8 Å². The van der Waals surface area contributed by atoms with Gasteiger partial charge in [-0.1, -0.05) is 176 Å². The van der Waals surface area contributed by atoms with Crippen LogP contribution < -0.4 is 0 Å². The summed E-state index contributed by atoms with van der Waals surface area (Å²) in [5.41, 5.74) is 11.8. The first-order valence-electron chi connectivity index (χ1n) is 18.1. The topological polar surface area (TPSA) is 12.9 Å². The van der Waals surface area contributed by atoms with Crippen molar-refractivity contribution in [3.63, 3.8) is 0 Å². The third kappa shape index (κ3) is 4.60. The van der Waals surface area contributed by atoms with Crippen LogP contribution in [-0.2, 0) is 0 Å². The molecule has 0 N–H and O–H groups in total. The Morgan fingerprint density at radius 1 is 0.308 bits per heavy atom. The zero-order valence-electron chi connectivity index (χ0n) is 29.2. The van der Waals surface area contributed by atoms with Crippen LogP contribution >= 0.6 is 0 Å². The maximum atomic E-state index is 5.75. The Labute approximate surface area is 303 Å². The van der Waals surface area contributed by atoms with Gasteiger partial charge in [0.25, 0.3) is 0 Å². The predicted molar refractivity (Wildman–Crippen MR) is 223 cm³/mol. The Morgan fingerprint density at radius 2 is 0.788 bits per heavy atom. The molecule has 0 atom stereocenters. The second-order valence-electron chi connectivity index (χ2n) is 13.9. The number of nitrogens with zero attached hydrogens (tertiary/aromatic N) is 1. The molecule has 0 amide bonds. The van der Waals surface area contributed by atoms with E-state index >= 15 is 0 Å². The van der Waals surface area contributed by atoms with Gasteiger partial charge < -0.3 is 0 Å². The Balaban J connectivity index is 1.33. The van der Waals surface area contributed by atoms with Crippen molar-refractivity contribution in [1.29, 1.82) is 0 Å². The van der Waals surface area contributed by atoms with Crippen molar-refractivity contribution >= 4 is 53.9 Å². The van der Waals surface area contributed by atoms with Gasteiger partial charge in [0.1, 0.15) is 0 Å². The molecule has 10 rings (SSSR count). The number of aromatic nitrogens is 1. The second kappa shape index (κ2) is 12.0. The molecule has 1 heteroatoms. The highest BCUT2D eigenvalue weighted by Gasteiger charge is 2.23. The van der Waals surface area contributed by atoms with E-state index in [4.69, 9.17) is 4.98 Å². The molecule has 0 radical (unpaired) electrons. The number of hydrogen-bond donors (Lipinski definition) is 0. The lowest BCUT2D eigenvalue weighted by Crippen LogP contribution is -1.99. The summed E-state index contributed by atoms with van der Waals surface area (Å²) in [4.78, 5) is 5.75. The fourth-order valence-electron chi connectivity index (χ4n) is 8.59. The van der Waals surface area contributed by atoms with Gasteiger partial charge in [0.05, 0.1) is 11.4 Å². The van der Waals surface area contributed by atoms with Gasteiger partial charge in [0.15, 0.2) is 0 Å². The summed E-state index contributed by atoms with van der Waals surface area (Å²) in [6.45, 7) is 4.45. The fourth-order valence-corrected chi connectivity index (χ4v) is 8.59. The summed E-state index contributed by atoms with van der Waals surface area (Å²) in [6.07, 6.45) is 0. The lowest BCUT2D eigenvalue weighted by molar-refractivity contribution is 1.30. The van der Waals surface area contributed by atoms with Gasteiger partial charge in [-0.25, -0.2) is 4.98 Å². The molecular formula is C51H35N. The molecule has 0 aliphatic carbocycles. The highest BCUT2D eigenvalue weighted by molar-refractivity contribution is 6.25. The summed E-state index contributed by atoms with van der Waals surface area (Å²) in [7, 11) is 0. The summed E-state index contributed by atoms with van der Waals surface area (Å²) < 4.78 is 0.